The maximum absolute atomic E-state index is 14.1. The first-order chi connectivity index (χ1) is 67.1. The lowest BCUT2D eigenvalue weighted by Crippen LogP contribution is -2.44. The topological polar surface area (TPSA) is 352 Å². The largest absolute Gasteiger partial charge is 0.497 e. The van der Waals surface area contributed by atoms with Crippen LogP contribution in [0, 0.1) is 105 Å². The van der Waals surface area contributed by atoms with Crippen LogP contribution >= 0.6 is 23.2 Å². The molecular formula is C108H143Cl2F6N23O2. The van der Waals surface area contributed by atoms with Gasteiger partial charge in [0.1, 0.15) is 76.0 Å². The third kappa shape index (κ3) is 48.0. The fourth-order valence-electron chi connectivity index (χ4n) is 14.2. The number of aromatic nitrogens is 8. The second kappa shape index (κ2) is 62.6. The van der Waals surface area contributed by atoms with Crippen LogP contribution in [0.5, 0.6) is 11.6 Å². The van der Waals surface area contributed by atoms with Gasteiger partial charge < -0.3 is 84.7 Å². The minimum Gasteiger partial charge on any atom is -0.497 e. The van der Waals surface area contributed by atoms with E-state index in [1.165, 1.54) is 124 Å². The summed E-state index contributed by atoms with van der Waals surface area (Å²) in [5.74, 6) is 16.7. The number of anilines is 8. The molecule has 0 spiro atoms. The molecule has 2 aliphatic heterocycles. The lowest BCUT2D eigenvalue weighted by Gasteiger charge is -2.32. The molecule has 0 bridgehead atoms. The van der Waals surface area contributed by atoms with Crippen LogP contribution in [0.3, 0.4) is 0 Å². The lowest BCUT2D eigenvalue weighted by molar-refractivity contribution is 0.153. The molecule has 16 N–H and O–H groups in total. The monoisotopic (exact) mass is 1980 g/mol. The van der Waals surface area contributed by atoms with E-state index in [-0.39, 0.29) is 35.2 Å². The van der Waals surface area contributed by atoms with Crippen molar-refractivity contribution in [2.45, 2.75) is 145 Å². The summed E-state index contributed by atoms with van der Waals surface area (Å²) in [7, 11) is 17.8. The molecule has 10 heterocycles. The van der Waals surface area contributed by atoms with Crippen molar-refractivity contribution in [1.29, 1.82) is 0 Å². The molecule has 141 heavy (non-hydrogen) atoms. The normalized spacial score (nSPS) is 12.3. The molecule has 2 fully saturated rings. The summed E-state index contributed by atoms with van der Waals surface area (Å²) in [5, 5.41) is 0.741. The number of ether oxygens (including phenoxy) is 2. The first kappa shape index (κ1) is 117. The van der Waals surface area contributed by atoms with Gasteiger partial charge in [0.25, 0.3) is 0 Å². The van der Waals surface area contributed by atoms with Crippen LogP contribution in [0.1, 0.15) is 154 Å². The molecule has 11 aromatic rings. The fourth-order valence-corrected chi connectivity index (χ4v) is 14.6. The van der Waals surface area contributed by atoms with E-state index in [1.807, 2.05) is 101 Å². The van der Waals surface area contributed by atoms with Crippen molar-refractivity contribution < 1.29 is 35.8 Å². The number of piperazine rings is 2. The molecule has 13 rings (SSSR count). The quantitative estimate of drug-likeness (QED) is 0.0135. The van der Waals surface area contributed by atoms with Crippen molar-refractivity contribution in [2.75, 3.05) is 194 Å². The maximum Gasteiger partial charge on any atom is 0.217 e. The van der Waals surface area contributed by atoms with Crippen molar-refractivity contribution >= 4 is 69.7 Å². The molecule has 3 aromatic carbocycles. The second-order valence-corrected chi connectivity index (χ2v) is 36.4. The van der Waals surface area contributed by atoms with Gasteiger partial charge in [0.15, 0.2) is 34.9 Å². The van der Waals surface area contributed by atoms with Gasteiger partial charge in [0, 0.05) is 128 Å². The Labute approximate surface area is 841 Å². The molecule has 0 atom stereocenters. The number of nitrogens with zero attached hydrogens (tertiary/aromatic N) is 15. The number of halogens is 8. The Bertz CT molecular complexity index is 5790. The number of rotatable bonds is 27. The van der Waals surface area contributed by atoms with E-state index in [0.29, 0.717) is 98.9 Å². The number of methoxy groups -OCH3 is 1. The summed E-state index contributed by atoms with van der Waals surface area (Å²) in [6, 6.07) is 38.5. The number of pyridine rings is 8. The highest BCUT2D eigenvalue weighted by molar-refractivity contribution is 6.31. The van der Waals surface area contributed by atoms with Crippen molar-refractivity contribution in [2.24, 2.45) is 0 Å². The summed E-state index contributed by atoms with van der Waals surface area (Å²) in [6.45, 7) is 28.1. The van der Waals surface area contributed by atoms with Gasteiger partial charge in [-0.25, -0.2) is 61.2 Å². The lowest BCUT2D eigenvalue weighted by atomic mass is 10.0. The molecule has 25 nitrogen and oxygen atoms in total. The highest BCUT2D eigenvalue weighted by Crippen LogP contribution is 2.25. The van der Waals surface area contributed by atoms with Gasteiger partial charge in [0.2, 0.25) is 5.88 Å². The van der Waals surface area contributed by atoms with Crippen LogP contribution in [-0.4, -0.2) is 223 Å². The molecule has 2 saturated heterocycles. The Morgan fingerprint density at radius 1 is 0.376 bits per heavy atom. The van der Waals surface area contributed by atoms with Crippen LogP contribution in [0.15, 0.2) is 140 Å². The standard InChI is InChI=1S/C18H23F2N3O.C17H16ClF2N3.C14H24N4.C14H20N4.C12H9ClF2N2O.C11H19N3.C11H18N2.C11H14N2/c1-23(2)7-6-12-8-13(18(20)16(19)9-12)4-5-14-10-15(24-3)11-17(21)22-14;1-23(2)6-5-11-7-12(17(20)15(19)8-11)3-4-14-9-13(18)10-16(21)22-14;2*1-12-10-13(16-14(15)11-12)4-3-5-18-8-6-17(2)7-9-18;13-8-4-10(16)17-11(5-8)18-6-7-2-1-3-9(14)12(7)15;1-9-7-10(13-11(12)8-9)5-4-6-14(2)3;2*1-3-4-5-6-10-7-9(2)8-11(12)13-10/h8-11H,4-7H2,1-3H3,(H2,21,22);7-10H,5-6H2,1-2H3,(H2,21,22);10-11H,3-9H2,1-2H3,(H2,15,16);10-11H,5-9H2,1-2H3,(H2,15,16);1-5H,6H2,(H2,16,17);7-8H,4-6H2,1-3H3,(H2,12,13);7-8H,3-6H2,1-2H3,(H2,12,13);7-8H,3-4H2,1-2H3,(H2,12,13). The van der Waals surface area contributed by atoms with Crippen molar-refractivity contribution in [3.05, 3.63) is 280 Å². The highest BCUT2D eigenvalue weighted by Gasteiger charge is 2.18. The Hall–Kier alpha value is -12.6. The zero-order valence-corrected chi connectivity index (χ0v) is 86.3. The van der Waals surface area contributed by atoms with Crippen LogP contribution in [0.2, 0.25) is 10.0 Å². The van der Waals surface area contributed by atoms with Crippen LogP contribution in [0.4, 0.5) is 72.9 Å². The molecule has 0 amide bonds. The van der Waals surface area contributed by atoms with Gasteiger partial charge in [-0.05, 0) is 340 Å². The number of nitrogen functional groups attached to an aromatic ring is 8. The average molecular weight is 1980 g/mol. The zero-order valence-electron chi connectivity index (χ0n) is 84.7. The van der Waals surface area contributed by atoms with Crippen molar-refractivity contribution in [3.8, 4) is 47.2 Å². The Balaban J connectivity index is 0.000000249. The van der Waals surface area contributed by atoms with E-state index >= 15 is 0 Å². The summed E-state index contributed by atoms with van der Waals surface area (Å²) in [4.78, 5) is 49.1. The molecule has 33 heteroatoms. The van der Waals surface area contributed by atoms with E-state index in [9.17, 15) is 26.3 Å². The predicted molar refractivity (Wildman–Crippen MR) is 566 cm³/mol. The minimum absolute atomic E-state index is 0.0147. The molecule has 0 radical (unpaired) electrons. The molecule has 758 valence electrons. The Kier molecular flexibility index (Phi) is 52.0. The zero-order chi connectivity index (χ0) is 104. The molecular weight excluding hydrogens is 1840 g/mol. The minimum atomic E-state index is -0.971. The third-order valence-electron chi connectivity index (χ3n) is 21.4. The van der Waals surface area contributed by atoms with Crippen LogP contribution in [-0.2, 0) is 51.6 Å². The van der Waals surface area contributed by atoms with Gasteiger partial charge >= 0.3 is 0 Å². The first-order valence-corrected chi connectivity index (χ1v) is 47.9. The smallest absolute Gasteiger partial charge is 0.217 e. The van der Waals surface area contributed by atoms with Gasteiger partial charge in [-0.2, -0.15) is 4.98 Å². The maximum atomic E-state index is 14.1. The van der Waals surface area contributed by atoms with Gasteiger partial charge in [0.05, 0.1) is 19.2 Å². The van der Waals surface area contributed by atoms with E-state index < -0.39 is 34.9 Å². The number of aryl methyl sites for hydroxylation is 10. The Morgan fingerprint density at radius 2 is 0.809 bits per heavy atom. The average Bonchev–Trinajstić information content (AvgIpc) is 0.842. The third-order valence-corrected chi connectivity index (χ3v) is 21.9. The Morgan fingerprint density at radius 3 is 1.29 bits per heavy atom. The highest BCUT2D eigenvalue weighted by atomic mass is 35.5. The molecule has 0 saturated carbocycles. The van der Waals surface area contributed by atoms with E-state index in [1.54, 1.807) is 31.4 Å². The summed E-state index contributed by atoms with van der Waals surface area (Å²) in [6.07, 6.45) is 13.2. The molecule has 0 unspecified atom stereocenters. The predicted octanol–water partition coefficient (Wildman–Crippen LogP) is 17.1. The number of unbranched alkanes of at least 4 members (excludes halogenated alkanes) is 3. The van der Waals surface area contributed by atoms with Crippen molar-refractivity contribution in [3.63, 3.8) is 0 Å². The number of nitrogens with two attached hydrogens (primary N) is 8. The number of hydrogen-bond donors (Lipinski definition) is 8. The summed E-state index contributed by atoms with van der Waals surface area (Å²) in [5.41, 5.74) is 58.7. The summed E-state index contributed by atoms with van der Waals surface area (Å²) < 4.78 is 92.1. The molecule has 2 aliphatic rings. The summed E-state index contributed by atoms with van der Waals surface area (Å²) >= 11 is 11.6. The van der Waals surface area contributed by atoms with E-state index in [0.717, 1.165) is 142 Å². The van der Waals surface area contributed by atoms with Gasteiger partial charge in [-0.15, -0.1) is 0 Å². The van der Waals surface area contributed by atoms with Crippen molar-refractivity contribution in [1.82, 2.24) is 74.2 Å². The number of hydrogen-bond acceptors (Lipinski definition) is 25. The van der Waals surface area contributed by atoms with Gasteiger partial charge in [-0.3, -0.25) is 4.90 Å². The van der Waals surface area contributed by atoms with Crippen LogP contribution in [0.25, 0.3) is 0 Å². The van der Waals surface area contributed by atoms with Gasteiger partial charge in [-0.1, -0.05) is 85.9 Å². The first-order valence-electron chi connectivity index (χ1n) is 47.2. The SMILES string of the molecule is CCCC#Cc1cc(C)cc(N)n1.CCCCCc1cc(C)cc(N)n1.CN(C)CCc1cc(F)c(F)c(C#Cc2cc(Cl)cc(N)n2)c1.COc1cc(N)nc(CCc2cc(CCN(C)C)cc(F)c2F)c1.Cc1cc(N)nc(C#CCN2CCN(C)CC2)c1.Cc1cc(N)nc(CCCN(C)C)c1.Cc1cc(N)nc(CCCN2CCN(C)CC2)c1.Nc1cc(Cl)cc(OCc2cccc(F)c2F)n1. The fraction of sp³-hybridized carbons (Fsp3) is 0.407. The molecule has 0 aliphatic carbocycles. The molecule has 8 aromatic heterocycles. The van der Waals surface area contributed by atoms with E-state index in [4.69, 9.17) is 78.5 Å². The van der Waals surface area contributed by atoms with Crippen LogP contribution < -0.4 is 55.3 Å². The van der Waals surface area contributed by atoms with E-state index in [2.05, 4.69) is 174 Å². The number of benzene rings is 3. The second-order valence-electron chi connectivity index (χ2n) is 35.6. The number of likely N-dealkylation sites (N-methyl/N-ethyl adjacent to an activating group) is 4.